The number of carbonyl (C=O) groups excluding carboxylic acids is 1. The van der Waals surface area contributed by atoms with Gasteiger partial charge in [0, 0.05) is 34.0 Å². The summed E-state index contributed by atoms with van der Waals surface area (Å²) in [6, 6.07) is 20.7. The predicted molar refractivity (Wildman–Crippen MR) is 157 cm³/mol. The number of nitrogens with two attached hydrogens (primary N) is 1. The number of aromatic nitrogens is 4. The van der Waals surface area contributed by atoms with Crippen molar-refractivity contribution in [3.63, 3.8) is 0 Å². The summed E-state index contributed by atoms with van der Waals surface area (Å²) in [5.74, 6) is 0.137. The van der Waals surface area contributed by atoms with Gasteiger partial charge in [-0.25, -0.2) is 4.68 Å². The van der Waals surface area contributed by atoms with Crippen LogP contribution in [0.25, 0.3) is 27.8 Å². The van der Waals surface area contributed by atoms with Crippen LogP contribution in [0.15, 0.2) is 85.6 Å². The van der Waals surface area contributed by atoms with Crippen molar-refractivity contribution in [2.75, 3.05) is 6.61 Å². The summed E-state index contributed by atoms with van der Waals surface area (Å²) in [4.78, 5) is 11.8. The standard InChI is InChI=1S/C32H33N5O3/c1-5-16-40-29-17-23(32(33)39)14-15-27(29)37-21(4)30(20(2)3)31(35-37)24-12-9-13-26-25(24)18-36(34-26)19-28(38)22-10-7-6-8-11-22/h5-15,17-18,20,28,38H,1,16,19H2,2-4H3,(H2,33,39). The molecule has 204 valence electrons. The average Bonchev–Trinajstić information content (AvgIpc) is 3.52. The molecule has 0 aliphatic rings. The number of amides is 1. The van der Waals surface area contributed by atoms with Crippen LogP contribution in [0.5, 0.6) is 5.75 Å². The molecule has 40 heavy (non-hydrogen) atoms. The second kappa shape index (κ2) is 11.2. The zero-order valence-corrected chi connectivity index (χ0v) is 22.9. The van der Waals surface area contributed by atoms with Crippen LogP contribution in [0.2, 0.25) is 0 Å². The molecule has 8 nitrogen and oxygen atoms in total. The highest BCUT2D eigenvalue weighted by atomic mass is 16.5. The minimum Gasteiger partial charge on any atom is -0.487 e. The Hall–Kier alpha value is -4.69. The van der Waals surface area contributed by atoms with Crippen molar-refractivity contribution in [2.24, 2.45) is 5.73 Å². The lowest BCUT2D eigenvalue weighted by Crippen LogP contribution is -2.12. The number of hydrogen-bond acceptors (Lipinski definition) is 5. The normalized spacial score (nSPS) is 12.1. The van der Waals surface area contributed by atoms with Crippen LogP contribution in [0.1, 0.15) is 53.0 Å². The van der Waals surface area contributed by atoms with E-state index in [4.69, 9.17) is 20.7 Å². The summed E-state index contributed by atoms with van der Waals surface area (Å²) in [6.45, 7) is 10.7. The number of ether oxygens (including phenoxy) is 1. The Morgan fingerprint density at radius 2 is 1.88 bits per heavy atom. The Bertz CT molecular complexity index is 1680. The summed E-state index contributed by atoms with van der Waals surface area (Å²) in [7, 11) is 0. The monoisotopic (exact) mass is 535 g/mol. The number of nitrogens with zero attached hydrogens (tertiary/aromatic N) is 4. The molecule has 0 fully saturated rings. The van der Waals surface area contributed by atoms with Gasteiger partial charge in [0.2, 0.25) is 5.91 Å². The fraction of sp³-hybridized carbons (Fsp3) is 0.219. The van der Waals surface area contributed by atoms with E-state index in [1.165, 1.54) is 0 Å². The second-order valence-corrected chi connectivity index (χ2v) is 10.1. The van der Waals surface area contributed by atoms with Gasteiger partial charge < -0.3 is 15.6 Å². The molecular weight excluding hydrogens is 502 g/mol. The molecule has 0 aliphatic heterocycles. The first-order chi connectivity index (χ1) is 19.3. The zero-order valence-electron chi connectivity index (χ0n) is 22.9. The molecule has 8 heteroatoms. The molecule has 0 saturated heterocycles. The van der Waals surface area contributed by atoms with Gasteiger partial charge in [-0.1, -0.05) is 69.0 Å². The molecule has 1 unspecified atom stereocenters. The lowest BCUT2D eigenvalue weighted by molar-refractivity contribution is 0.1000. The molecule has 0 bridgehead atoms. The predicted octanol–water partition coefficient (Wildman–Crippen LogP) is 5.72. The van der Waals surface area contributed by atoms with Crippen LogP contribution in [0.4, 0.5) is 0 Å². The van der Waals surface area contributed by atoms with Gasteiger partial charge in [-0.05, 0) is 42.7 Å². The number of carbonyl (C=O) groups is 1. The van der Waals surface area contributed by atoms with Gasteiger partial charge in [0.1, 0.15) is 18.0 Å². The van der Waals surface area contributed by atoms with Crippen molar-refractivity contribution in [3.8, 4) is 22.7 Å². The van der Waals surface area contributed by atoms with Gasteiger partial charge in [0.05, 0.1) is 23.9 Å². The minimum atomic E-state index is -0.677. The first-order valence-corrected chi connectivity index (χ1v) is 13.3. The van der Waals surface area contributed by atoms with Crippen LogP contribution in [0, 0.1) is 6.92 Å². The van der Waals surface area contributed by atoms with Crippen LogP contribution in [-0.2, 0) is 6.54 Å². The van der Waals surface area contributed by atoms with E-state index >= 15 is 0 Å². The van der Waals surface area contributed by atoms with Crippen molar-refractivity contribution in [1.82, 2.24) is 19.6 Å². The SMILES string of the molecule is C=CCOc1cc(C(N)=O)ccc1-n1nc(-c2cccc3nn(CC(O)c4ccccc4)cc23)c(C(C)C)c1C. The molecule has 2 heterocycles. The van der Waals surface area contributed by atoms with Gasteiger partial charge >= 0.3 is 0 Å². The molecule has 1 atom stereocenters. The second-order valence-electron chi connectivity index (χ2n) is 10.1. The molecule has 3 aromatic carbocycles. The molecule has 0 aliphatic carbocycles. The topological polar surface area (TPSA) is 108 Å². The highest BCUT2D eigenvalue weighted by Crippen LogP contribution is 2.37. The number of aliphatic hydroxyl groups is 1. The number of rotatable bonds is 10. The minimum absolute atomic E-state index is 0.177. The van der Waals surface area contributed by atoms with E-state index in [0.717, 1.165) is 39.0 Å². The smallest absolute Gasteiger partial charge is 0.248 e. The lowest BCUT2D eigenvalue weighted by atomic mass is 9.95. The van der Waals surface area contributed by atoms with Crippen molar-refractivity contribution < 1.29 is 14.6 Å². The molecule has 0 spiro atoms. The maximum absolute atomic E-state index is 11.8. The van der Waals surface area contributed by atoms with Crippen LogP contribution < -0.4 is 10.5 Å². The van der Waals surface area contributed by atoms with E-state index in [1.54, 1.807) is 29.0 Å². The highest BCUT2D eigenvalue weighted by Gasteiger charge is 2.24. The zero-order chi connectivity index (χ0) is 28.4. The molecule has 2 aromatic heterocycles. The van der Waals surface area contributed by atoms with Gasteiger partial charge in [0.15, 0.2) is 0 Å². The Labute approximate surface area is 233 Å². The summed E-state index contributed by atoms with van der Waals surface area (Å²) in [6.07, 6.45) is 2.94. The van der Waals surface area contributed by atoms with E-state index in [0.29, 0.717) is 23.5 Å². The van der Waals surface area contributed by atoms with Gasteiger partial charge in [-0.2, -0.15) is 10.2 Å². The average molecular weight is 536 g/mol. The lowest BCUT2D eigenvalue weighted by Gasteiger charge is -2.13. The van der Waals surface area contributed by atoms with E-state index in [-0.39, 0.29) is 12.5 Å². The Morgan fingerprint density at radius 1 is 1.10 bits per heavy atom. The van der Waals surface area contributed by atoms with Crippen LogP contribution >= 0.6 is 0 Å². The van der Waals surface area contributed by atoms with Gasteiger partial charge in [0.25, 0.3) is 0 Å². The maximum atomic E-state index is 11.8. The highest BCUT2D eigenvalue weighted by molar-refractivity contribution is 5.95. The van der Waals surface area contributed by atoms with Crippen LogP contribution in [0.3, 0.4) is 0 Å². The van der Waals surface area contributed by atoms with E-state index in [1.807, 2.05) is 66.3 Å². The Kier molecular flexibility index (Phi) is 7.53. The summed E-state index contributed by atoms with van der Waals surface area (Å²) in [5.41, 5.74) is 12.1. The summed E-state index contributed by atoms with van der Waals surface area (Å²) >= 11 is 0. The quantitative estimate of drug-likeness (QED) is 0.223. The number of hydrogen-bond donors (Lipinski definition) is 2. The maximum Gasteiger partial charge on any atom is 0.248 e. The van der Waals surface area contributed by atoms with Crippen molar-refractivity contribution in [1.29, 1.82) is 0 Å². The molecule has 1 amide bonds. The number of primary amides is 1. The third-order valence-electron chi connectivity index (χ3n) is 6.97. The van der Waals surface area contributed by atoms with Gasteiger partial charge in [-0.3, -0.25) is 9.48 Å². The van der Waals surface area contributed by atoms with Crippen molar-refractivity contribution in [3.05, 3.63) is 108 Å². The third-order valence-corrected chi connectivity index (χ3v) is 6.97. The van der Waals surface area contributed by atoms with Crippen molar-refractivity contribution in [2.45, 2.75) is 39.3 Å². The first-order valence-electron chi connectivity index (χ1n) is 13.3. The van der Waals surface area contributed by atoms with E-state index in [2.05, 4.69) is 20.4 Å². The molecule has 3 N–H and O–H groups in total. The van der Waals surface area contributed by atoms with Crippen molar-refractivity contribution >= 4 is 16.8 Å². The number of benzene rings is 3. The number of aliphatic hydroxyl groups excluding tert-OH is 1. The van der Waals surface area contributed by atoms with Gasteiger partial charge in [-0.15, -0.1) is 0 Å². The molecule has 0 radical (unpaired) electrons. The Balaban J connectivity index is 1.61. The number of fused-ring (bicyclic) bond motifs is 1. The van der Waals surface area contributed by atoms with E-state index in [9.17, 15) is 9.90 Å². The molecular formula is C32H33N5O3. The first kappa shape index (κ1) is 26.9. The Morgan fingerprint density at radius 3 is 2.58 bits per heavy atom. The fourth-order valence-electron chi connectivity index (χ4n) is 5.10. The summed E-state index contributed by atoms with van der Waals surface area (Å²) < 4.78 is 9.57. The largest absolute Gasteiger partial charge is 0.487 e. The molecule has 0 saturated carbocycles. The van der Waals surface area contributed by atoms with E-state index < -0.39 is 12.0 Å². The molecule has 5 rings (SSSR count). The third kappa shape index (κ3) is 5.13. The van der Waals surface area contributed by atoms with Crippen LogP contribution in [-0.4, -0.2) is 37.2 Å². The summed E-state index contributed by atoms with van der Waals surface area (Å²) in [5, 5.41) is 21.6. The molecule has 5 aromatic rings. The fourth-order valence-corrected chi connectivity index (χ4v) is 5.10.